The number of hydrogen-bond donors (Lipinski definition) is 1. The molecular formula is C12H20N4O. The fraction of sp³-hybridized carbons (Fsp3) is 0.833. The van der Waals surface area contributed by atoms with Crippen molar-refractivity contribution in [2.75, 3.05) is 19.8 Å². The third-order valence-corrected chi connectivity index (χ3v) is 3.99. The summed E-state index contributed by atoms with van der Waals surface area (Å²) in [5.74, 6) is 3.44. The zero-order valence-corrected chi connectivity index (χ0v) is 10.1. The molecular weight excluding hydrogens is 216 g/mol. The monoisotopic (exact) mass is 236 g/mol. The maximum atomic E-state index is 5.78. The lowest BCUT2D eigenvalue weighted by Gasteiger charge is -2.26. The summed E-state index contributed by atoms with van der Waals surface area (Å²) < 4.78 is 7.72. The van der Waals surface area contributed by atoms with Gasteiger partial charge in [0.15, 0.2) is 0 Å². The third kappa shape index (κ3) is 2.09. The first-order valence-corrected chi connectivity index (χ1v) is 6.58. The van der Waals surface area contributed by atoms with Gasteiger partial charge in [0.1, 0.15) is 11.6 Å². The number of aryl methyl sites for hydroxylation is 1. The molecule has 94 valence electrons. The van der Waals surface area contributed by atoms with Crippen LogP contribution in [0.25, 0.3) is 0 Å². The van der Waals surface area contributed by atoms with Crippen LogP contribution in [0.15, 0.2) is 0 Å². The van der Waals surface area contributed by atoms with E-state index in [0.29, 0.717) is 11.8 Å². The Kier molecular flexibility index (Phi) is 3.11. The van der Waals surface area contributed by atoms with Crippen LogP contribution >= 0.6 is 0 Å². The van der Waals surface area contributed by atoms with E-state index in [1.54, 1.807) is 0 Å². The second-order valence-corrected chi connectivity index (χ2v) is 5.11. The fourth-order valence-corrected chi connectivity index (χ4v) is 2.87. The molecule has 2 N–H and O–H groups in total. The van der Waals surface area contributed by atoms with Crippen molar-refractivity contribution < 1.29 is 4.74 Å². The second kappa shape index (κ2) is 4.74. The van der Waals surface area contributed by atoms with Gasteiger partial charge in [0.2, 0.25) is 0 Å². The minimum atomic E-state index is 0.529. The molecule has 1 atom stereocenters. The minimum absolute atomic E-state index is 0.529. The topological polar surface area (TPSA) is 66.0 Å². The van der Waals surface area contributed by atoms with E-state index in [1.807, 2.05) is 0 Å². The summed E-state index contributed by atoms with van der Waals surface area (Å²) >= 11 is 0. The Hall–Kier alpha value is -0.940. The van der Waals surface area contributed by atoms with Crippen LogP contribution in [-0.2, 0) is 17.7 Å². The van der Waals surface area contributed by atoms with Crippen molar-refractivity contribution in [2.24, 2.45) is 11.7 Å². The molecule has 17 heavy (non-hydrogen) atoms. The highest BCUT2D eigenvalue weighted by atomic mass is 16.5. The van der Waals surface area contributed by atoms with E-state index < -0.39 is 0 Å². The normalized spacial score (nSPS) is 25.8. The van der Waals surface area contributed by atoms with Crippen LogP contribution in [0.3, 0.4) is 0 Å². The van der Waals surface area contributed by atoms with E-state index in [-0.39, 0.29) is 0 Å². The van der Waals surface area contributed by atoms with Crippen LogP contribution in [0.1, 0.15) is 36.8 Å². The van der Waals surface area contributed by atoms with Gasteiger partial charge in [-0.2, -0.15) is 0 Å². The fourth-order valence-electron chi connectivity index (χ4n) is 2.87. The molecule has 0 spiro atoms. The molecule has 5 nitrogen and oxygen atoms in total. The average Bonchev–Trinajstić information content (AvgIpc) is 2.82. The van der Waals surface area contributed by atoms with Crippen LogP contribution < -0.4 is 5.73 Å². The summed E-state index contributed by atoms with van der Waals surface area (Å²) in [5.41, 5.74) is 5.78. The first-order valence-electron chi connectivity index (χ1n) is 6.58. The highest BCUT2D eigenvalue weighted by Gasteiger charge is 2.27. The van der Waals surface area contributed by atoms with Crippen LogP contribution in [0, 0.1) is 5.92 Å². The maximum Gasteiger partial charge on any atom is 0.136 e. The molecule has 1 unspecified atom stereocenters. The minimum Gasteiger partial charge on any atom is -0.381 e. The first-order chi connectivity index (χ1) is 8.38. The highest BCUT2D eigenvalue weighted by Crippen LogP contribution is 2.29. The molecule has 0 aromatic carbocycles. The van der Waals surface area contributed by atoms with E-state index in [1.165, 1.54) is 5.82 Å². The van der Waals surface area contributed by atoms with Gasteiger partial charge in [-0.3, -0.25) is 0 Å². The molecule has 1 aromatic heterocycles. The van der Waals surface area contributed by atoms with Gasteiger partial charge in [0, 0.05) is 32.1 Å². The van der Waals surface area contributed by atoms with Gasteiger partial charge in [-0.05, 0) is 31.7 Å². The average molecular weight is 236 g/mol. The first kappa shape index (κ1) is 11.2. The maximum absolute atomic E-state index is 5.78. The van der Waals surface area contributed by atoms with Gasteiger partial charge < -0.3 is 15.0 Å². The number of aromatic nitrogens is 3. The Labute approximate surface area is 101 Å². The van der Waals surface area contributed by atoms with E-state index in [4.69, 9.17) is 10.5 Å². The molecule has 0 bridgehead atoms. The van der Waals surface area contributed by atoms with E-state index in [9.17, 15) is 0 Å². The van der Waals surface area contributed by atoms with Gasteiger partial charge >= 0.3 is 0 Å². The molecule has 2 aliphatic rings. The molecule has 3 rings (SSSR count). The highest BCUT2D eigenvalue weighted by molar-refractivity contribution is 5.06. The molecule has 1 fully saturated rings. The molecule has 0 saturated carbocycles. The Morgan fingerprint density at radius 3 is 2.82 bits per heavy atom. The third-order valence-electron chi connectivity index (χ3n) is 3.99. The predicted octanol–water partition coefficient (Wildman–Crippen LogP) is 0.693. The molecule has 1 saturated heterocycles. The van der Waals surface area contributed by atoms with Crippen LogP contribution in [-0.4, -0.2) is 34.5 Å². The van der Waals surface area contributed by atoms with Gasteiger partial charge in [0.25, 0.3) is 0 Å². The Balaban J connectivity index is 1.83. The van der Waals surface area contributed by atoms with E-state index >= 15 is 0 Å². The SMILES string of the molecule is NCC1CCc2nnc(C3CCOCC3)n2C1. The molecule has 3 heterocycles. The van der Waals surface area contributed by atoms with Crippen LogP contribution in [0.4, 0.5) is 0 Å². The molecule has 1 aromatic rings. The van der Waals surface area contributed by atoms with E-state index in [0.717, 1.165) is 57.8 Å². The summed E-state index contributed by atoms with van der Waals surface area (Å²) in [5, 5.41) is 8.74. The summed E-state index contributed by atoms with van der Waals surface area (Å²) in [6.07, 6.45) is 4.33. The smallest absolute Gasteiger partial charge is 0.136 e. The number of rotatable bonds is 2. The largest absolute Gasteiger partial charge is 0.381 e. The number of hydrogen-bond acceptors (Lipinski definition) is 4. The lowest BCUT2D eigenvalue weighted by molar-refractivity contribution is 0.0823. The van der Waals surface area contributed by atoms with Crippen molar-refractivity contribution in [1.29, 1.82) is 0 Å². The molecule has 0 aliphatic carbocycles. The standard InChI is InChI=1S/C12H20N4O/c13-7-9-1-2-11-14-15-12(16(11)8-9)10-3-5-17-6-4-10/h9-10H,1-8,13H2. The number of ether oxygens (including phenoxy) is 1. The summed E-state index contributed by atoms with van der Waals surface area (Å²) in [4.78, 5) is 0. The summed E-state index contributed by atoms with van der Waals surface area (Å²) in [6, 6.07) is 0. The number of fused-ring (bicyclic) bond motifs is 1. The lowest BCUT2D eigenvalue weighted by Crippen LogP contribution is -2.28. The molecule has 0 radical (unpaired) electrons. The molecule has 0 amide bonds. The van der Waals surface area contributed by atoms with Gasteiger partial charge in [-0.15, -0.1) is 10.2 Å². The Morgan fingerprint density at radius 1 is 1.24 bits per heavy atom. The Bertz CT molecular complexity index is 384. The van der Waals surface area contributed by atoms with Crippen molar-refractivity contribution in [3.8, 4) is 0 Å². The quantitative estimate of drug-likeness (QED) is 0.820. The van der Waals surface area contributed by atoms with Crippen molar-refractivity contribution in [1.82, 2.24) is 14.8 Å². The predicted molar refractivity (Wildman–Crippen MR) is 63.7 cm³/mol. The van der Waals surface area contributed by atoms with Crippen molar-refractivity contribution in [2.45, 2.75) is 38.1 Å². The zero-order valence-electron chi connectivity index (χ0n) is 10.1. The van der Waals surface area contributed by atoms with Crippen LogP contribution in [0.5, 0.6) is 0 Å². The molecule has 2 aliphatic heterocycles. The zero-order chi connectivity index (χ0) is 11.7. The van der Waals surface area contributed by atoms with Gasteiger partial charge in [0.05, 0.1) is 0 Å². The van der Waals surface area contributed by atoms with Crippen molar-refractivity contribution in [3.63, 3.8) is 0 Å². The second-order valence-electron chi connectivity index (χ2n) is 5.11. The van der Waals surface area contributed by atoms with E-state index in [2.05, 4.69) is 14.8 Å². The molecule has 5 heteroatoms. The summed E-state index contributed by atoms with van der Waals surface area (Å²) in [7, 11) is 0. The lowest BCUT2D eigenvalue weighted by atomic mass is 9.96. The van der Waals surface area contributed by atoms with Crippen LogP contribution in [0.2, 0.25) is 0 Å². The Morgan fingerprint density at radius 2 is 2.06 bits per heavy atom. The van der Waals surface area contributed by atoms with Gasteiger partial charge in [-0.25, -0.2) is 0 Å². The number of nitrogens with zero attached hydrogens (tertiary/aromatic N) is 3. The van der Waals surface area contributed by atoms with Gasteiger partial charge in [-0.1, -0.05) is 0 Å². The van der Waals surface area contributed by atoms with Crippen molar-refractivity contribution >= 4 is 0 Å². The number of nitrogens with two attached hydrogens (primary N) is 1. The summed E-state index contributed by atoms with van der Waals surface area (Å²) in [6.45, 7) is 3.48. The van der Waals surface area contributed by atoms with Crippen molar-refractivity contribution in [3.05, 3.63) is 11.6 Å².